The number of benzene rings is 1. The molecule has 0 unspecified atom stereocenters. The normalized spacial score (nSPS) is 42.9. The number of hydrogen-bond acceptors (Lipinski definition) is 4. The van der Waals surface area contributed by atoms with E-state index >= 15 is 0 Å². The zero-order valence-electron chi connectivity index (χ0n) is 21.2. The summed E-state index contributed by atoms with van der Waals surface area (Å²) in [5.41, 5.74) is 2.59. The van der Waals surface area contributed by atoms with Gasteiger partial charge in [0.2, 0.25) is 0 Å². The highest BCUT2D eigenvalue weighted by molar-refractivity contribution is 7.86. The van der Waals surface area contributed by atoms with E-state index in [2.05, 4.69) is 36.7 Å². The summed E-state index contributed by atoms with van der Waals surface area (Å²) < 4.78 is 31.6. The van der Waals surface area contributed by atoms with Gasteiger partial charge in [-0.2, -0.15) is 8.42 Å². The van der Waals surface area contributed by atoms with Gasteiger partial charge in [-0.15, -0.1) is 0 Å². The van der Waals surface area contributed by atoms with E-state index in [0.29, 0.717) is 17.1 Å². The predicted molar refractivity (Wildman–Crippen MR) is 136 cm³/mol. The molecule has 1 spiro atoms. The maximum atomic E-state index is 12.9. The van der Waals surface area contributed by atoms with E-state index in [1.807, 2.05) is 0 Å². The second-order valence-corrected chi connectivity index (χ2v) is 14.0. The molecule has 0 aromatic heterocycles. The lowest BCUT2D eigenvalue weighted by molar-refractivity contribution is -0.0457. The summed E-state index contributed by atoms with van der Waals surface area (Å²) in [6.07, 6.45) is 11.4. The first-order valence-electron chi connectivity index (χ1n) is 13.5. The lowest BCUT2D eigenvalue weighted by atomic mass is 9.47. The van der Waals surface area contributed by atoms with E-state index < -0.39 is 10.1 Å². The summed E-state index contributed by atoms with van der Waals surface area (Å²) >= 11 is 0. The molecule has 5 nitrogen and oxygen atoms in total. The third-order valence-corrected chi connectivity index (χ3v) is 12.6. The topological polar surface area (TPSA) is 51.0 Å². The molecular weight excluding hydrogens is 456 g/mol. The summed E-state index contributed by atoms with van der Waals surface area (Å²) in [5, 5.41) is 0. The summed E-state index contributed by atoms with van der Waals surface area (Å²) in [6, 6.07) is 6.76. The minimum Gasteiger partial charge on any atom is -0.303 e. The fourth-order valence-electron chi connectivity index (χ4n) is 9.43. The van der Waals surface area contributed by atoms with Crippen molar-refractivity contribution in [1.82, 2.24) is 4.90 Å². The molecule has 4 aliphatic carbocycles. The van der Waals surface area contributed by atoms with Crippen molar-refractivity contribution in [2.75, 3.05) is 13.6 Å². The maximum absolute atomic E-state index is 12.9. The highest BCUT2D eigenvalue weighted by Crippen LogP contribution is 2.68. The molecule has 35 heavy (non-hydrogen) atoms. The van der Waals surface area contributed by atoms with E-state index in [1.54, 1.807) is 0 Å². The summed E-state index contributed by atoms with van der Waals surface area (Å²) in [7, 11) is -1.50. The minimum atomic E-state index is -3.83. The van der Waals surface area contributed by atoms with Crippen molar-refractivity contribution in [1.29, 1.82) is 0 Å². The predicted octanol–water partition coefficient (Wildman–Crippen LogP) is 6.20. The molecule has 1 aromatic rings. The smallest absolute Gasteiger partial charge is 0.297 e. The maximum Gasteiger partial charge on any atom is 0.297 e. The first kappa shape index (κ1) is 23.7. The lowest BCUT2D eigenvalue weighted by Gasteiger charge is -2.58. The highest BCUT2D eigenvalue weighted by atomic mass is 32.2. The van der Waals surface area contributed by atoms with Crippen LogP contribution < -0.4 is 0 Å². The SMILES string of the molecule is [C-]#[N+]c1ccc(S(=O)(=O)O[C@H]2CC[C@@]3(C)C(=CC[C@H]4[C@@H]5CC[C@@H]6[C@H](C)N(C)C[C@@]65CC[C@@H]43)C2)cc1. The number of allylic oxidation sites excluding steroid dienone is 1. The molecule has 1 saturated heterocycles. The van der Waals surface area contributed by atoms with Crippen molar-refractivity contribution in [2.45, 2.75) is 82.3 Å². The molecule has 188 valence electrons. The van der Waals surface area contributed by atoms with E-state index in [4.69, 9.17) is 10.8 Å². The molecule has 8 atom stereocenters. The van der Waals surface area contributed by atoms with Crippen LogP contribution in [-0.2, 0) is 14.3 Å². The summed E-state index contributed by atoms with van der Waals surface area (Å²) in [5.74, 6) is 3.22. The quantitative estimate of drug-likeness (QED) is 0.285. The van der Waals surface area contributed by atoms with Gasteiger partial charge in [-0.25, -0.2) is 4.85 Å². The zero-order chi connectivity index (χ0) is 24.6. The number of fused-ring (bicyclic) bond motifs is 4. The number of rotatable bonds is 3. The first-order chi connectivity index (χ1) is 16.7. The van der Waals surface area contributed by atoms with Crippen LogP contribution in [0, 0.1) is 41.1 Å². The molecule has 6 heteroatoms. The van der Waals surface area contributed by atoms with Crippen LogP contribution in [0.5, 0.6) is 0 Å². The second kappa shape index (κ2) is 8.16. The van der Waals surface area contributed by atoms with Gasteiger partial charge in [0.25, 0.3) is 10.1 Å². The van der Waals surface area contributed by atoms with E-state index in [-0.39, 0.29) is 16.4 Å². The van der Waals surface area contributed by atoms with Crippen molar-refractivity contribution in [3.8, 4) is 0 Å². The van der Waals surface area contributed by atoms with E-state index in [9.17, 15) is 8.42 Å². The Morgan fingerprint density at radius 2 is 1.80 bits per heavy atom. The van der Waals surface area contributed by atoms with Crippen LogP contribution in [0.2, 0.25) is 0 Å². The average Bonchev–Trinajstić information content (AvgIpc) is 3.33. The van der Waals surface area contributed by atoms with Crippen LogP contribution in [0.3, 0.4) is 0 Å². The molecule has 3 saturated carbocycles. The van der Waals surface area contributed by atoms with E-state index in [1.165, 1.54) is 62.1 Å². The Bertz CT molecular complexity index is 1190. The van der Waals surface area contributed by atoms with Gasteiger partial charge in [0.05, 0.1) is 17.6 Å². The van der Waals surface area contributed by atoms with Crippen LogP contribution in [-0.4, -0.2) is 39.1 Å². The molecule has 1 heterocycles. The van der Waals surface area contributed by atoms with Crippen LogP contribution in [0.25, 0.3) is 4.85 Å². The summed E-state index contributed by atoms with van der Waals surface area (Å²) in [6.45, 7) is 13.3. The van der Waals surface area contributed by atoms with Crippen LogP contribution in [0.4, 0.5) is 5.69 Å². The first-order valence-corrected chi connectivity index (χ1v) is 14.9. The Morgan fingerprint density at radius 3 is 2.54 bits per heavy atom. The lowest BCUT2D eigenvalue weighted by Crippen LogP contribution is -2.51. The summed E-state index contributed by atoms with van der Waals surface area (Å²) in [4.78, 5) is 6.11. The molecule has 1 aromatic carbocycles. The fraction of sp³-hybridized carbons (Fsp3) is 0.690. The fourth-order valence-corrected chi connectivity index (χ4v) is 10.5. The van der Waals surface area contributed by atoms with Gasteiger partial charge in [0.15, 0.2) is 5.69 Å². The van der Waals surface area contributed by atoms with Gasteiger partial charge in [-0.1, -0.05) is 42.8 Å². The van der Waals surface area contributed by atoms with Crippen molar-refractivity contribution < 1.29 is 12.6 Å². The third kappa shape index (κ3) is 3.49. The van der Waals surface area contributed by atoms with Gasteiger partial charge >= 0.3 is 0 Å². The molecule has 0 N–H and O–H groups in total. The zero-order valence-corrected chi connectivity index (χ0v) is 22.1. The molecule has 1 aliphatic heterocycles. The van der Waals surface area contributed by atoms with Crippen LogP contribution in [0.1, 0.15) is 65.2 Å². The van der Waals surface area contributed by atoms with Gasteiger partial charge in [0.1, 0.15) is 0 Å². The number of hydrogen-bond donors (Lipinski definition) is 0. The largest absolute Gasteiger partial charge is 0.303 e. The molecule has 5 aliphatic rings. The van der Waals surface area contributed by atoms with Crippen molar-refractivity contribution in [3.63, 3.8) is 0 Å². The van der Waals surface area contributed by atoms with Crippen molar-refractivity contribution in [2.24, 2.45) is 34.5 Å². The molecule has 6 rings (SSSR count). The Balaban J connectivity index is 1.20. The van der Waals surface area contributed by atoms with Crippen LogP contribution >= 0.6 is 0 Å². The van der Waals surface area contributed by atoms with Gasteiger partial charge < -0.3 is 4.90 Å². The Hall–Kier alpha value is -1.68. The standard InChI is InChI=1S/C29H38N2O3S/c1-19-25-11-12-27-24-10-5-20-17-22(34-35(32,33)23-8-6-21(30-3)7-9-23)13-15-28(20,2)26(24)14-16-29(25,27)18-31(19)4/h5-9,19,22,24-27H,10-18H2,1-2,4H3/t19-,22-,24+,25+,26-,27-,28-,29-/m0/s1. The average molecular weight is 495 g/mol. The van der Waals surface area contributed by atoms with Gasteiger partial charge in [-0.3, -0.25) is 4.18 Å². The van der Waals surface area contributed by atoms with Gasteiger partial charge in [0, 0.05) is 12.6 Å². The number of nitrogens with zero attached hydrogens (tertiary/aromatic N) is 2. The highest BCUT2D eigenvalue weighted by Gasteiger charge is 2.64. The Labute approximate surface area is 210 Å². The molecular formula is C29H38N2O3S. The second-order valence-electron chi connectivity index (χ2n) is 12.4. The minimum absolute atomic E-state index is 0.139. The van der Waals surface area contributed by atoms with Crippen LogP contribution in [0.15, 0.2) is 40.8 Å². The Morgan fingerprint density at radius 1 is 1.06 bits per heavy atom. The van der Waals surface area contributed by atoms with Gasteiger partial charge in [-0.05, 0) is 99.8 Å². The molecule has 0 amide bonds. The molecule has 4 fully saturated rings. The third-order valence-electron chi connectivity index (χ3n) is 11.2. The Kier molecular flexibility index (Phi) is 5.53. The molecule has 0 radical (unpaired) electrons. The van der Waals surface area contributed by atoms with E-state index in [0.717, 1.165) is 49.4 Å². The monoisotopic (exact) mass is 494 g/mol. The van der Waals surface area contributed by atoms with Crippen molar-refractivity contribution >= 4 is 15.8 Å². The molecule has 0 bridgehead atoms. The van der Waals surface area contributed by atoms with Crippen molar-refractivity contribution in [3.05, 3.63) is 47.3 Å². The number of likely N-dealkylation sites (tertiary alicyclic amines) is 1.